The van der Waals surface area contributed by atoms with Crippen molar-refractivity contribution >= 4 is 28.8 Å². The van der Waals surface area contributed by atoms with Crippen LogP contribution in [0.2, 0.25) is 0 Å². The van der Waals surface area contributed by atoms with Crippen molar-refractivity contribution in [1.29, 1.82) is 0 Å². The fourth-order valence-electron chi connectivity index (χ4n) is 4.22. The van der Waals surface area contributed by atoms with Gasteiger partial charge in [0.25, 0.3) is 0 Å². The van der Waals surface area contributed by atoms with E-state index in [0.29, 0.717) is 25.9 Å². The van der Waals surface area contributed by atoms with Gasteiger partial charge in [-0.05, 0) is 46.1 Å². The van der Waals surface area contributed by atoms with Crippen molar-refractivity contribution in [2.45, 2.75) is 64.0 Å². The zero-order valence-corrected chi connectivity index (χ0v) is 17.7. The number of hydrogen-bond donors (Lipinski definition) is 1. The number of carbonyl (C=O) groups is 3. The van der Waals surface area contributed by atoms with Gasteiger partial charge in [0, 0.05) is 24.9 Å². The summed E-state index contributed by atoms with van der Waals surface area (Å²) in [5, 5.41) is 8.23. The van der Waals surface area contributed by atoms with Gasteiger partial charge in [0.15, 0.2) is 0 Å². The molecule has 1 aromatic carbocycles. The van der Waals surface area contributed by atoms with Gasteiger partial charge in [-0.2, -0.15) is 5.10 Å². The monoisotopic (exact) mass is 412 g/mol. The molecule has 2 aliphatic rings. The number of likely N-dealkylation sites (tertiary alicyclic amines) is 1. The van der Waals surface area contributed by atoms with Crippen LogP contribution in [0.5, 0.6) is 0 Å². The number of carbonyl (C=O) groups excluding carboxylic acids is 3. The van der Waals surface area contributed by atoms with E-state index in [1.54, 1.807) is 4.90 Å². The second-order valence-corrected chi connectivity index (χ2v) is 9.05. The van der Waals surface area contributed by atoms with Crippen LogP contribution in [0.4, 0.5) is 4.79 Å². The first-order valence-electron chi connectivity index (χ1n) is 10.5. The number of para-hydroxylation sites is 1. The van der Waals surface area contributed by atoms with Crippen LogP contribution in [0, 0.1) is 0 Å². The number of fused-ring (bicyclic) bond motifs is 1. The number of rotatable bonds is 2. The molecule has 0 saturated carbocycles. The Balaban J connectivity index is 1.55. The molecule has 2 saturated heterocycles. The molecule has 2 aromatic rings. The molecule has 8 nitrogen and oxygen atoms in total. The Labute approximate surface area is 175 Å². The number of aromatic nitrogens is 2. The summed E-state index contributed by atoms with van der Waals surface area (Å²) in [5.41, 5.74) is 1.20. The molecule has 2 aliphatic heterocycles. The first-order chi connectivity index (χ1) is 14.2. The molecule has 1 aromatic heterocycles. The van der Waals surface area contributed by atoms with E-state index in [0.717, 1.165) is 29.4 Å². The molecular weight excluding hydrogens is 384 g/mol. The Bertz CT molecular complexity index is 983. The molecule has 0 bridgehead atoms. The average Bonchev–Trinajstić information content (AvgIpc) is 3.06. The van der Waals surface area contributed by atoms with Gasteiger partial charge in [0.2, 0.25) is 11.8 Å². The van der Waals surface area contributed by atoms with E-state index < -0.39 is 11.5 Å². The van der Waals surface area contributed by atoms with Gasteiger partial charge in [-0.3, -0.25) is 19.6 Å². The third-order valence-corrected chi connectivity index (χ3v) is 5.67. The molecule has 2 fully saturated rings. The average molecular weight is 412 g/mol. The van der Waals surface area contributed by atoms with Gasteiger partial charge in [0.05, 0.1) is 23.2 Å². The van der Waals surface area contributed by atoms with Crippen molar-refractivity contribution in [3.63, 3.8) is 0 Å². The molecule has 160 valence electrons. The minimum absolute atomic E-state index is 0.135. The predicted molar refractivity (Wildman–Crippen MR) is 111 cm³/mol. The molecule has 0 spiro atoms. The highest BCUT2D eigenvalue weighted by Crippen LogP contribution is 2.34. The number of benzene rings is 1. The summed E-state index contributed by atoms with van der Waals surface area (Å²) in [5.74, 6) is -0.924. The predicted octanol–water partition coefficient (Wildman–Crippen LogP) is 3.13. The third-order valence-electron chi connectivity index (χ3n) is 5.67. The maximum absolute atomic E-state index is 12.4. The number of ether oxygens (including phenoxy) is 1. The van der Waals surface area contributed by atoms with Gasteiger partial charge >= 0.3 is 6.09 Å². The van der Waals surface area contributed by atoms with E-state index in [-0.39, 0.29) is 23.9 Å². The van der Waals surface area contributed by atoms with Crippen LogP contribution in [0.1, 0.15) is 64.1 Å². The van der Waals surface area contributed by atoms with Gasteiger partial charge in [-0.25, -0.2) is 4.79 Å². The molecular formula is C22H28N4O4. The lowest BCUT2D eigenvalue weighted by Crippen LogP contribution is -2.42. The second-order valence-electron chi connectivity index (χ2n) is 9.05. The summed E-state index contributed by atoms with van der Waals surface area (Å²) in [6.45, 7) is 6.79. The fraction of sp³-hybridized carbons (Fsp3) is 0.545. The van der Waals surface area contributed by atoms with E-state index in [1.165, 1.54) is 0 Å². The van der Waals surface area contributed by atoms with Crippen molar-refractivity contribution in [1.82, 2.24) is 20.0 Å². The molecule has 30 heavy (non-hydrogen) atoms. The van der Waals surface area contributed by atoms with Crippen LogP contribution in [0.15, 0.2) is 24.3 Å². The molecule has 4 rings (SSSR count). The molecule has 0 radical (unpaired) electrons. The normalized spacial score (nSPS) is 21.0. The van der Waals surface area contributed by atoms with Crippen LogP contribution in [0.25, 0.3) is 10.9 Å². The maximum Gasteiger partial charge on any atom is 0.410 e. The van der Waals surface area contributed by atoms with Crippen LogP contribution in [-0.4, -0.2) is 51.3 Å². The smallest absolute Gasteiger partial charge is 0.410 e. The standard InChI is InChI=1S/C22H28N4O4/c1-22(2,3)30-21(29)25-12-10-14(11-13-25)26-17-7-5-4-6-15(17)19(24-26)16-8-9-18(27)23-20(16)28/h4-7,14,16H,8-13H2,1-3H3,(H,23,27,28). The third kappa shape index (κ3) is 4.04. The SMILES string of the molecule is CC(C)(C)OC(=O)N1CCC(n2nc(C3CCC(=O)NC3=O)c3ccccc32)CC1. The number of amides is 3. The first-order valence-corrected chi connectivity index (χ1v) is 10.5. The summed E-state index contributed by atoms with van der Waals surface area (Å²) in [6, 6.07) is 8.03. The highest BCUT2D eigenvalue weighted by Gasteiger charge is 2.34. The van der Waals surface area contributed by atoms with E-state index in [4.69, 9.17) is 9.84 Å². The van der Waals surface area contributed by atoms with Gasteiger partial charge < -0.3 is 9.64 Å². The Hall–Kier alpha value is -2.90. The van der Waals surface area contributed by atoms with E-state index in [2.05, 4.69) is 5.32 Å². The second kappa shape index (κ2) is 7.74. The molecule has 1 atom stereocenters. The lowest BCUT2D eigenvalue weighted by Gasteiger charge is -2.33. The topological polar surface area (TPSA) is 93.5 Å². The van der Waals surface area contributed by atoms with Gasteiger partial charge in [-0.1, -0.05) is 18.2 Å². The van der Waals surface area contributed by atoms with Crippen LogP contribution in [-0.2, 0) is 14.3 Å². The summed E-state index contributed by atoms with van der Waals surface area (Å²) >= 11 is 0. The minimum atomic E-state index is -0.511. The Morgan fingerprint density at radius 2 is 1.83 bits per heavy atom. The summed E-state index contributed by atoms with van der Waals surface area (Å²) < 4.78 is 7.49. The molecule has 8 heteroatoms. The Morgan fingerprint density at radius 1 is 1.13 bits per heavy atom. The summed E-state index contributed by atoms with van der Waals surface area (Å²) in [4.78, 5) is 38.1. The molecule has 1 unspecified atom stereocenters. The number of imide groups is 1. The highest BCUT2D eigenvalue weighted by atomic mass is 16.6. The maximum atomic E-state index is 12.4. The molecule has 3 amide bonds. The summed E-state index contributed by atoms with van der Waals surface area (Å²) in [7, 11) is 0. The van der Waals surface area contributed by atoms with Crippen molar-refractivity contribution in [3.05, 3.63) is 30.0 Å². The van der Waals surface area contributed by atoms with E-state index >= 15 is 0 Å². The largest absolute Gasteiger partial charge is 0.444 e. The van der Waals surface area contributed by atoms with Gasteiger partial charge in [-0.15, -0.1) is 0 Å². The highest BCUT2D eigenvalue weighted by molar-refractivity contribution is 6.02. The Kier molecular flexibility index (Phi) is 5.26. The number of hydrogen-bond acceptors (Lipinski definition) is 5. The van der Waals surface area contributed by atoms with Crippen molar-refractivity contribution < 1.29 is 19.1 Å². The molecule has 3 heterocycles. The quantitative estimate of drug-likeness (QED) is 0.765. The van der Waals surface area contributed by atoms with E-state index in [1.807, 2.05) is 49.7 Å². The van der Waals surface area contributed by atoms with Crippen molar-refractivity contribution in [3.8, 4) is 0 Å². The van der Waals surface area contributed by atoms with E-state index in [9.17, 15) is 14.4 Å². The fourth-order valence-corrected chi connectivity index (χ4v) is 4.22. The zero-order valence-electron chi connectivity index (χ0n) is 17.7. The first kappa shape index (κ1) is 20.4. The molecule has 0 aliphatic carbocycles. The number of nitrogens with zero attached hydrogens (tertiary/aromatic N) is 3. The minimum Gasteiger partial charge on any atom is -0.444 e. The lowest BCUT2D eigenvalue weighted by molar-refractivity contribution is -0.134. The Morgan fingerprint density at radius 3 is 2.50 bits per heavy atom. The van der Waals surface area contributed by atoms with Crippen LogP contribution >= 0.6 is 0 Å². The zero-order chi connectivity index (χ0) is 21.5. The number of nitrogens with one attached hydrogen (secondary N) is 1. The molecule has 1 N–H and O–H groups in total. The summed E-state index contributed by atoms with van der Waals surface area (Å²) in [6.07, 6.45) is 2.05. The van der Waals surface area contributed by atoms with Crippen molar-refractivity contribution in [2.24, 2.45) is 0 Å². The van der Waals surface area contributed by atoms with Crippen LogP contribution < -0.4 is 5.32 Å². The van der Waals surface area contributed by atoms with Crippen molar-refractivity contribution in [2.75, 3.05) is 13.1 Å². The number of piperidine rings is 2. The van der Waals surface area contributed by atoms with Gasteiger partial charge in [0.1, 0.15) is 5.60 Å². The lowest BCUT2D eigenvalue weighted by atomic mass is 9.93. The van der Waals surface area contributed by atoms with Crippen LogP contribution in [0.3, 0.4) is 0 Å².